The molecule has 0 amide bonds. The first-order valence-corrected chi connectivity index (χ1v) is 12.6. The minimum Gasteiger partial charge on any atom is -0.585 e. The predicted octanol–water partition coefficient (Wildman–Crippen LogP) is 1.86. The summed E-state index contributed by atoms with van der Waals surface area (Å²) in [4.78, 5) is 10.9. The molecule has 0 aliphatic rings. The second-order valence-electron chi connectivity index (χ2n) is 6.45. The summed E-state index contributed by atoms with van der Waals surface area (Å²) in [5.74, 6) is -0.715. The van der Waals surface area contributed by atoms with Gasteiger partial charge in [-0.2, -0.15) is 0 Å². The summed E-state index contributed by atoms with van der Waals surface area (Å²) in [5.41, 5.74) is 0. The molecular formula is C23H24BrO4P. The molecule has 0 aliphatic carbocycles. The highest BCUT2D eigenvalue weighted by atomic mass is 79.9. The Balaban J connectivity index is 0.000000941. The summed E-state index contributed by atoms with van der Waals surface area (Å²) >= 11 is -1.44. The van der Waals surface area contributed by atoms with E-state index in [2.05, 4.69) is 91.0 Å². The predicted molar refractivity (Wildman–Crippen MR) is 112 cm³/mol. The molecule has 6 heteroatoms. The zero-order chi connectivity index (χ0) is 21.0. The highest BCUT2D eigenvalue weighted by molar-refractivity contribution is 7.95. The first kappa shape index (κ1) is 23.2. The lowest BCUT2D eigenvalue weighted by atomic mass is 10.2. The van der Waals surface area contributed by atoms with Gasteiger partial charge < -0.3 is 13.5 Å². The van der Waals surface area contributed by atoms with Gasteiger partial charge in [-0.05, 0) is 49.2 Å². The van der Waals surface area contributed by atoms with Crippen molar-refractivity contribution in [3.63, 3.8) is 0 Å². The van der Waals surface area contributed by atoms with Gasteiger partial charge in [0.25, 0.3) is 0 Å². The van der Waals surface area contributed by atoms with Crippen LogP contribution in [0.3, 0.4) is 0 Å². The standard InChI is InChI=1S/C23H23O2P.BrO2/c24-23(25)18-10-11-19-26(20-12-4-1-5-13-20,21-14-6-2-7-15-21)22-16-8-3-9-17-22;2-1-3/h1-9,12-17H,10-11,18-19H2;/q;-1/p+1. The molecule has 0 unspecified atom stereocenters. The summed E-state index contributed by atoms with van der Waals surface area (Å²) in [6.07, 6.45) is 2.83. The van der Waals surface area contributed by atoms with Crippen molar-refractivity contribution in [1.29, 1.82) is 0 Å². The summed E-state index contributed by atoms with van der Waals surface area (Å²) < 4.78 is 16.8. The van der Waals surface area contributed by atoms with E-state index in [-0.39, 0.29) is 6.42 Å². The lowest BCUT2D eigenvalue weighted by Gasteiger charge is -2.27. The van der Waals surface area contributed by atoms with Crippen LogP contribution in [0, 0.1) is 15.5 Å². The Morgan fingerprint density at radius 3 is 1.38 bits per heavy atom. The van der Waals surface area contributed by atoms with Gasteiger partial charge >= 0.3 is 5.97 Å². The molecule has 3 rings (SSSR count). The Morgan fingerprint density at radius 1 is 0.724 bits per heavy atom. The van der Waals surface area contributed by atoms with E-state index in [1.807, 2.05) is 0 Å². The van der Waals surface area contributed by atoms with E-state index in [4.69, 9.17) is 13.5 Å². The van der Waals surface area contributed by atoms with Gasteiger partial charge in [-0.15, -0.1) is 0 Å². The fourth-order valence-electron chi connectivity index (χ4n) is 3.51. The average molecular weight is 475 g/mol. The van der Waals surface area contributed by atoms with Crippen molar-refractivity contribution >= 4 is 29.1 Å². The topological polar surface area (TPSA) is 83.4 Å². The lowest BCUT2D eigenvalue weighted by molar-refractivity contribution is -1.41. The third kappa shape index (κ3) is 6.48. The Bertz CT molecular complexity index is 748. The number of carboxylic acids is 1. The zero-order valence-corrected chi connectivity index (χ0v) is 18.5. The largest absolute Gasteiger partial charge is 0.585 e. The number of hydrogen-bond donors (Lipinski definition) is 1. The number of carboxylic acid groups (broad SMARTS) is 1. The molecule has 0 aromatic heterocycles. The second-order valence-corrected chi connectivity index (χ2v) is 10.3. The van der Waals surface area contributed by atoms with Gasteiger partial charge in [-0.1, -0.05) is 54.6 Å². The molecule has 0 atom stereocenters. The number of hydrogen-bond acceptors (Lipinski definition) is 3. The van der Waals surface area contributed by atoms with E-state index >= 15 is 0 Å². The first-order chi connectivity index (χ1) is 14.1. The number of unbranched alkanes of at least 4 members (excludes halogenated alkanes) is 1. The van der Waals surface area contributed by atoms with Crippen molar-refractivity contribution < 1.29 is 33.8 Å². The zero-order valence-electron chi connectivity index (χ0n) is 16.0. The molecule has 0 aliphatic heterocycles. The van der Waals surface area contributed by atoms with Crippen LogP contribution in [-0.4, -0.2) is 17.2 Å². The van der Waals surface area contributed by atoms with Gasteiger partial charge in [0.2, 0.25) is 0 Å². The number of halogens is 1. The molecular weight excluding hydrogens is 451 g/mol. The van der Waals surface area contributed by atoms with Crippen molar-refractivity contribution in [2.45, 2.75) is 19.3 Å². The van der Waals surface area contributed by atoms with E-state index in [0.717, 1.165) is 12.6 Å². The SMILES string of the molecule is O=C(O)CCCC[P+](c1ccccc1)(c1ccccc1)c1ccccc1.[O-][Br+][O-]. The number of rotatable bonds is 8. The van der Waals surface area contributed by atoms with Crippen LogP contribution in [0.15, 0.2) is 91.0 Å². The Hall–Kier alpha value is -2.04. The highest BCUT2D eigenvalue weighted by Crippen LogP contribution is 2.55. The molecule has 3 aromatic carbocycles. The van der Waals surface area contributed by atoms with Gasteiger partial charge in [-0.3, -0.25) is 4.79 Å². The Labute approximate surface area is 179 Å². The first-order valence-electron chi connectivity index (χ1n) is 9.31. The molecule has 4 nitrogen and oxygen atoms in total. The van der Waals surface area contributed by atoms with Gasteiger partial charge in [-0.25, -0.2) is 0 Å². The quantitative estimate of drug-likeness (QED) is 0.398. The molecule has 0 spiro atoms. The van der Waals surface area contributed by atoms with Crippen LogP contribution in [-0.2, 0) is 4.79 Å². The molecule has 0 heterocycles. The smallest absolute Gasteiger partial charge is 0.303 e. The van der Waals surface area contributed by atoms with Crippen LogP contribution in [0.25, 0.3) is 0 Å². The molecule has 29 heavy (non-hydrogen) atoms. The van der Waals surface area contributed by atoms with Gasteiger partial charge in [0, 0.05) is 6.42 Å². The number of benzene rings is 3. The van der Waals surface area contributed by atoms with Crippen LogP contribution < -0.4 is 24.3 Å². The fourth-order valence-corrected chi connectivity index (χ4v) is 7.92. The van der Waals surface area contributed by atoms with Crippen molar-refractivity contribution in [3.8, 4) is 0 Å². The molecule has 0 fully saturated rings. The Kier molecular flexibility index (Phi) is 10.0. The minimum absolute atomic E-state index is 0.234. The van der Waals surface area contributed by atoms with E-state index in [1.165, 1.54) is 15.9 Å². The van der Waals surface area contributed by atoms with Crippen LogP contribution >= 0.6 is 7.26 Å². The van der Waals surface area contributed by atoms with E-state index < -0.39 is 28.8 Å². The number of aliphatic carboxylic acids is 1. The van der Waals surface area contributed by atoms with E-state index in [9.17, 15) is 4.79 Å². The second kappa shape index (κ2) is 12.5. The van der Waals surface area contributed by atoms with Crippen molar-refractivity contribution in [2.24, 2.45) is 0 Å². The minimum atomic E-state index is -1.81. The van der Waals surface area contributed by atoms with Gasteiger partial charge in [0.15, 0.2) is 15.5 Å². The summed E-state index contributed by atoms with van der Waals surface area (Å²) in [6, 6.07) is 32.2. The van der Waals surface area contributed by atoms with Crippen molar-refractivity contribution in [3.05, 3.63) is 91.0 Å². The van der Waals surface area contributed by atoms with E-state index in [1.54, 1.807) is 0 Å². The third-order valence-corrected chi connectivity index (χ3v) is 9.25. The van der Waals surface area contributed by atoms with Crippen LogP contribution in [0.2, 0.25) is 0 Å². The molecule has 0 saturated heterocycles. The summed E-state index contributed by atoms with van der Waals surface area (Å²) in [6.45, 7) is 0. The molecule has 1 N–H and O–H groups in total. The maximum atomic E-state index is 10.9. The average Bonchev–Trinajstić information content (AvgIpc) is 2.76. The maximum Gasteiger partial charge on any atom is 0.303 e. The number of carbonyl (C=O) groups is 1. The maximum absolute atomic E-state index is 10.9. The summed E-state index contributed by atoms with van der Waals surface area (Å²) in [7, 11) is -1.81. The lowest BCUT2D eigenvalue weighted by Crippen LogP contribution is -2.33. The van der Waals surface area contributed by atoms with Crippen LogP contribution in [0.1, 0.15) is 19.3 Å². The third-order valence-electron chi connectivity index (χ3n) is 4.73. The molecule has 152 valence electrons. The van der Waals surface area contributed by atoms with Crippen LogP contribution in [0.4, 0.5) is 0 Å². The summed E-state index contributed by atoms with van der Waals surface area (Å²) in [5, 5.41) is 13.1. The molecule has 3 aromatic rings. The molecule has 0 bridgehead atoms. The fraction of sp³-hybridized carbons (Fsp3) is 0.174. The molecule has 0 radical (unpaired) electrons. The highest BCUT2D eigenvalue weighted by Gasteiger charge is 2.44. The normalized spacial score (nSPS) is 10.7. The van der Waals surface area contributed by atoms with Crippen molar-refractivity contribution in [1.82, 2.24) is 0 Å². The van der Waals surface area contributed by atoms with Gasteiger partial charge in [0.1, 0.15) is 23.2 Å². The Morgan fingerprint density at radius 2 is 1.07 bits per heavy atom. The van der Waals surface area contributed by atoms with Gasteiger partial charge in [0.05, 0.1) is 6.16 Å². The monoisotopic (exact) mass is 474 g/mol. The van der Waals surface area contributed by atoms with Crippen LogP contribution in [0.5, 0.6) is 0 Å². The van der Waals surface area contributed by atoms with E-state index in [0.29, 0.717) is 6.42 Å². The molecule has 0 saturated carbocycles. The van der Waals surface area contributed by atoms with Crippen molar-refractivity contribution in [2.75, 3.05) is 6.16 Å².